The van der Waals surface area contributed by atoms with E-state index in [1.54, 1.807) is 0 Å². The van der Waals surface area contributed by atoms with Crippen LogP contribution in [-0.2, 0) is 21.1 Å². The number of para-hydroxylation sites is 2. The maximum atomic E-state index is 6.53. The van der Waals surface area contributed by atoms with Crippen molar-refractivity contribution in [3.8, 4) is 39.7 Å². The third-order valence-electron chi connectivity index (χ3n) is 9.20. The molecule has 10 aromatic rings. The first kappa shape index (κ1) is 30.1. The molecule has 5 nitrogen and oxygen atoms in total. The number of imidazole rings is 1. The van der Waals surface area contributed by atoms with Crippen LogP contribution in [0.25, 0.3) is 77.5 Å². The van der Waals surface area contributed by atoms with Crippen molar-refractivity contribution in [2.75, 3.05) is 0 Å². The molecule has 0 aliphatic heterocycles. The number of benzene rings is 6. The van der Waals surface area contributed by atoms with Crippen molar-refractivity contribution in [3.63, 3.8) is 0 Å². The smallest absolute Gasteiger partial charge is 0.503 e. The minimum atomic E-state index is 0. The zero-order valence-corrected chi connectivity index (χ0v) is 28.8. The second-order valence-corrected chi connectivity index (χ2v) is 12.1. The molecule has 6 heteroatoms. The minimum Gasteiger partial charge on any atom is -0.503 e. The third kappa shape index (κ3) is 4.74. The van der Waals surface area contributed by atoms with Gasteiger partial charge in [0.05, 0.1) is 22.6 Å². The molecule has 50 heavy (non-hydrogen) atoms. The molecule has 238 valence electrons. The third-order valence-corrected chi connectivity index (χ3v) is 9.20. The summed E-state index contributed by atoms with van der Waals surface area (Å²) in [4.78, 5) is 10.1. The van der Waals surface area contributed by atoms with Crippen molar-refractivity contribution in [1.29, 1.82) is 0 Å². The molecule has 0 spiro atoms. The summed E-state index contributed by atoms with van der Waals surface area (Å²) in [5.41, 5.74) is 8.82. The van der Waals surface area contributed by atoms with Gasteiger partial charge in [-0.15, -0.1) is 30.3 Å². The van der Waals surface area contributed by atoms with Gasteiger partial charge in [0.15, 0.2) is 0 Å². The monoisotopic (exact) mass is 821 g/mol. The molecule has 0 aliphatic rings. The Morgan fingerprint density at radius 1 is 0.500 bits per heavy atom. The van der Waals surface area contributed by atoms with Crippen LogP contribution < -0.4 is 4.74 Å². The van der Waals surface area contributed by atoms with E-state index in [0.717, 1.165) is 77.5 Å². The van der Waals surface area contributed by atoms with Gasteiger partial charge in [-0.2, -0.15) is 6.07 Å². The molecule has 0 bridgehead atoms. The van der Waals surface area contributed by atoms with E-state index >= 15 is 0 Å². The Balaban J connectivity index is 0.00000336. The van der Waals surface area contributed by atoms with E-state index in [1.807, 2.05) is 48.7 Å². The number of hydrogen-bond acceptors (Lipinski definition) is 3. The van der Waals surface area contributed by atoms with E-state index in [-0.39, 0.29) is 21.1 Å². The van der Waals surface area contributed by atoms with E-state index < -0.39 is 0 Å². The topological polar surface area (TPSA) is 44.4 Å². The molecule has 0 radical (unpaired) electrons. The van der Waals surface area contributed by atoms with Gasteiger partial charge in [0.1, 0.15) is 5.65 Å². The molecule has 0 saturated carbocycles. The molecule has 0 unspecified atom stereocenters. The zero-order valence-electron chi connectivity index (χ0n) is 26.5. The van der Waals surface area contributed by atoms with Crippen molar-refractivity contribution in [3.05, 3.63) is 170 Å². The number of hydrogen-bond donors (Lipinski definition) is 0. The van der Waals surface area contributed by atoms with Crippen LogP contribution in [0.15, 0.2) is 158 Å². The molecule has 10 rings (SSSR count). The summed E-state index contributed by atoms with van der Waals surface area (Å²) >= 11 is 0. The fourth-order valence-electron chi connectivity index (χ4n) is 7.10. The Hall–Kier alpha value is -6.03. The second kappa shape index (κ2) is 12.1. The number of nitrogens with zero attached hydrogens (tertiary/aromatic N) is 4. The van der Waals surface area contributed by atoms with Gasteiger partial charge in [-0.05, 0) is 35.2 Å². The fourth-order valence-corrected chi connectivity index (χ4v) is 7.10. The van der Waals surface area contributed by atoms with Crippen molar-refractivity contribution in [1.82, 2.24) is 18.9 Å². The van der Waals surface area contributed by atoms with Crippen LogP contribution in [-0.4, -0.2) is 18.9 Å². The summed E-state index contributed by atoms with van der Waals surface area (Å²) in [5, 5.41) is 5.32. The fraction of sp³-hybridized carbons (Fsp3) is 0. The maximum absolute atomic E-state index is 6.53. The largest absolute Gasteiger partial charge is 2.00 e. The Kier molecular flexibility index (Phi) is 7.30. The van der Waals surface area contributed by atoms with Gasteiger partial charge in [0.25, 0.3) is 0 Å². The quantitative estimate of drug-likeness (QED) is 0.128. The Morgan fingerprint density at radius 3 is 1.96 bits per heavy atom. The van der Waals surface area contributed by atoms with Crippen molar-refractivity contribution in [2.24, 2.45) is 0 Å². The molecule has 4 aromatic heterocycles. The van der Waals surface area contributed by atoms with Gasteiger partial charge in [0.2, 0.25) is 0 Å². The van der Waals surface area contributed by atoms with Gasteiger partial charge < -0.3 is 13.7 Å². The van der Waals surface area contributed by atoms with Crippen LogP contribution >= 0.6 is 0 Å². The average molecular weight is 822 g/mol. The van der Waals surface area contributed by atoms with Gasteiger partial charge in [0, 0.05) is 39.5 Å². The van der Waals surface area contributed by atoms with Gasteiger partial charge >= 0.3 is 21.1 Å². The van der Waals surface area contributed by atoms with E-state index in [1.165, 1.54) is 0 Å². The number of pyridine rings is 2. The average Bonchev–Trinajstić information content (AvgIpc) is 3.73. The molecule has 0 amide bonds. The number of fused-ring (bicyclic) bond motifs is 9. The maximum Gasteiger partial charge on any atom is 2.00 e. The first-order chi connectivity index (χ1) is 24.3. The zero-order chi connectivity index (χ0) is 32.3. The van der Waals surface area contributed by atoms with Crippen LogP contribution in [0.3, 0.4) is 0 Å². The Bertz CT molecular complexity index is 2810. The van der Waals surface area contributed by atoms with Crippen molar-refractivity contribution < 1.29 is 25.8 Å². The summed E-state index contributed by atoms with van der Waals surface area (Å²) in [6.07, 6.45) is 1.83. The molecule has 0 N–H and O–H groups in total. The van der Waals surface area contributed by atoms with Gasteiger partial charge in [-0.3, -0.25) is 4.98 Å². The summed E-state index contributed by atoms with van der Waals surface area (Å²) in [5.74, 6) is 1.18. The molecule has 6 aromatic carbocycles. The van der Waals surface area contributed by atoms with E-state index in [4.69, 9.17) is 14.7 Å². The summed E-state index contributed by atoms with van der Waals surface area (Å²) in [7, 11) is 0. The van der Waals surface area contributed by atoms with Crippen LogP contribution in [0.1, 0.15) is 0 Å². The van der Waals surface area contributed by atoms with E-state index in [0.29, 0.717) is 11.5 Å². The van der Waals surface area contributed by atoms with Crippen LogP contribution in [0.5, 0.6) is 11.5 Å². The minimum absolute atomic E-state index is 0. The van der Waals surface area contributed by atoms with Crippen molar-refractivity contribution >= 4 is 49.3 Å². The number of ether oxygens (including phenoxy) is 1. The first-order valence-corrected chi connectivity index (χ1v) is 16.3. The van der Waals surface area contributed by atoms with Gasteiger partial charge in [-0.1, -0.05) is 120 Å². The Labute approximate surface area is 302 Å². The van der Waals surface area contributed by atoms with Crippen LogP contribution in [0.2, 0.25) is 0 Å². The van der Waals surface area contributed by atoms with E-state index in [9.17, 15) is 0 Å². The summed E-state index contributed by atoms with van der Waals surface area (Å²) < 4.78 is 10.9. The summed E-state index contributed by atoms with van der Waals surface area (Å²) in [6, 6.07) is 59.0. The van der Waals surface area contributed by atoms with Crippen molar-refractivity contribution in [2.45, 2.75) is 0 Å². The molecule has 0 aliphatic carbocycles. The first-order valence-electron chi connectivity index (χ1n) is 16.3. The normalized spacial score (nSPS) is 11.4. The molecule has 0 fully saturated rings. The standard InChI is InChI=1S/C44H26N4O.Pt/c1-3-13-29(14-4-1)41-42(30-15-5-2-6-16-30)48-40-23-10-7-19-35(40)34-25-24-33(28-38(34)44(48)46-41)49-32-18-11-17-31(27-32)47-39-22-9-8-20-36(39)37-21-12-26-45-43(37)47;/h1-26H;/q-2;+2. The SMILES string of the molecule is [Pt+2].[c-]1c(Oc2[c-]c3c(cc2)c2ccccc2n2c(-c4ccccc4)c(-c4ccccc4)nc32)cccc1-n1c2ccccc2c2cccnc21. The van der Waals surface area contributed by atoms with Crippen LogP contribution in [0.4, 0.5) is 0 Å². The number of rotatable bonds is 5. The predicted octanol–water partition coefficient (Wildman–Crippen LogP) is 10.9. The van der Waals surface area contributed by atoms with Gasteiger partial charge in [-0.25, -0.2) is 4.98 Å². The predicted molar refractivity (Wildman–Crippen MR) is 197 cm³/mol. The van der Waals surface area contributed by atoms with Crippen LogP contribution in [0, 0.1) is 12.1 Å². The summed E-state index contributed by atoms with van der Waals surface area (Å²) in [6.45, 7) is 0. The molecular weight excluding hydrogens is 796 g/mol. The van der Waals surface area contributed by atoms with E-state index in [2.05, 4.69) is 130 Å². The molecular formula is C44H26N4OPt. The molecule has 0 atom stereocenters. The number of aromatic nitrogens is 4. The second-order valence-electron chi connectivity index (χ2n) is 12.1. The molecule has 0 saturated heterocycles. The molecule has 4 heterocycles. The Morgan fingerprint density at radius 2 is 1.16 bits per heavy atom.